The Kier molecular flexibility index (Phi) is 50.1. The minimum atomic E-state index is -5.56. The molecule has 96 heavy (non-hydrogen) atoms. The monoisotopic (exact) mass is 1390 g/mol. The molecule has 0 radical (unpaired) electrons. The summed E-state index contributed by atoms with van der Waals surface area (Å²) < 4.78 is 53.6. The first kappa shape index (κ1) is 89.2. The summed E-state index contributed by atoms with van der Waals surface area (Å²) in [5, 5.41) is 72.5. The second-order valence-electron chi connectivity index (χ2n) is 28.4. The summed E-state index contributed by atoms with van der Waals surface area (Å²) in [6.45, 7) is 12.3. The van der Waals surface area contributed by atoms with Crippen LogP contribution in [0.25, 0.3) is 0 Å². The molecule has 2 heterocycles. The SMILES string of the molecule is CCCCCCCCCCCCCCCC(=O)O[C@@H](CC(=O)N[C@H]1[C@H](OC[C@H]2O[C@H](OP(=O)(O)O)[C@H](NC(=O)C[C@H](O)CC(C)C)[C@@H](OC(=O)C[C@H](O)CCCCCCCCCCCCC)[C@@H]2O)O[C@H](CO)[C@@H](O)[C@@H]1OC(=O)C[C@H](O)CCCCCCCCCCC)CC(C)C. The zero-order valence-corrected chi connectivity index (χ0v) is 61.1. The van der Waals surface area contributed by atoms with Gasteiger partial charge in [-0.1, -0.05) is 254 Å². The topological polar surface area (TPSA) is 353 Å². The summed E-state index contributed by atoms with van der Waals surface area (Å²) in [6, 6.07) is -3.51. The molecule has 2 fully saturated rings. The van der Waals surface area contributed by atoms with Crippen molar-refractivity contribution in [2.24, 2.45) is 11.8 Å². The molecule has 564 valence electrons. The van der Waals surface area contributed by atoms with Gasteiger partial charge in [0.05, 0.1) is 57.2 Å². The van der Waals surface area contributed by atoms with Gasteiger partial charge in [0.2, 0.25) is 11.8 Å². The average Bonchev–Trinajstić information content (AvgIpc) is 0.791. The minimum absolute atomic E-state index is 0.0363. The Morgan fingerprint density at radius 1 is 0.458 bits per heavy atom. The van der Waals surface area contributed by atoms with Crippen molar-refractivity contribution in [3.63, 3.8) is 0 Å². The number of phosphoric acid groups is 1. The Bertz CT molecular complexity index is 2070. The molecule has 2 aliphatic rings. The second kappa shape index (κ2) is 53.9. The Hall–Kier alpha value is -2.90. The van der Waals surface area contributed by atoms with Crippen molar-refractivity contribution in [2.75, 3.05) is 13.2 Å². The first-order chi connectivity index (χ1) is 45.9. The van der Waals surface area contributed by atoms with Gasteiger partial charge in [-0.2, -0.15) is 0 Å². The molecule has 0 aliphatic carbocycles. The van der Waals surface area contributed by atoms with E-state index in [0.717, 1.165) is 89.9 Å². The highest BCUT2D eigenvalue weighted by Gasteiger charge is 2.53. The molecule has 2 rings (SSSR count). The standard InChI is InChI=1S/C72H135N2O21P/c1-8-11-14-17-20-23-25-26-28-31-34-37-40-43-62(81)90-57(45-53(6)7)49-61(80)74-65-69(93-63(82)47-54(76)41-38-35-32-29-22-19-16-13-10-3)67(84)58(50-75)91-71(65)89-51-59-68(85)70(66(72(92-59)95-96(86,87)88)73-60(79)46-56(78)44-52(4)5)94-64(83)48-55(77)42-39-36-33-30-27-24-21-18-15-12-9-2/h52-59,65-72,75-78,84-85H,8-51H2,1-7H3,(H,73,79)(H,74,80)(H2,86,87,88)/t54-,55-,56-,57-,58-,59-,65-,66-,67-,68-,69-,70-,71-,72-/m1/s1. The fourth-order valence-corrected chi connectivity index (χ4v) is 13.2. The molecule has 14 atom stereocenters. The number of nitrogens with one attached hydrogen (secondary N) is 2. The number of aliphatic hydroxyl groups is 6. The number of carbonyl (C=O) groups is 5. The summed E-state index contributed by atoms with van der Waals surface area (Å²) in [7, 11) is -5.56. The fraction of sp³-hybridized carbons (Fsp3) is 0.931. The maximum atomic E-state index is 14.4. The van der Waals surface area contributed by atoms with E-state index in [-0.39, 0.29) is 43.9 Å². The van der Waals surface area contributed by atoms with Crippen molar-refractivity contribution in [1.82, 2.24) is 10.6 Å². The van der Waals surface area contributed by atoms with Crippen LogP contribution in [0.1, 0.15) is 318 Å². The highest BCUT2D eigenvalue weighted by Crippen LogP contribution is 2.42. The van der Waals surface area contributed by atoms with Crippen molar-refractivity contribution in [3.8, 4) is 0 Å². The van der Waals surface area contributed by atoms with Gasteiger partial charge in [-0.25, -0.2) is 4.57 Å². The number of hydrogen-bond acceptors (Lipinski definition) is 19. The first-order valence-corrected chi connectivity index (χ1v) is 39.3. The Morgan fingerprint density at radius 3 is 1.22 bits per heavy atom. The molecule has 0 spiro atoms. The number of ether oxygens (including phenoxy) is 6. The van der Waals surface area contributed by atoms with Crippen molar-refractivity contribution < 1.29 is 102 Å². The van der Waals surface area contributed by atoms with Crippen LogP contribution in [-0.4, -0.2) is 169 Å². The van der Waals surface area contributed by atoms with E-state index in [4.69, 9.17) is 32.9 Å². The molecule has 10 N–H and O–H groups in total. The van der Waals surface area contributed by atoms with Gasteiger partial charge in [-0.15, -0.1) is 0 Å². The average molecular weight is 1400 g/mol. The molecule has 0 saturated carbocycles. The number of aliphatic hydroxyl groups excluding tert-OH is 6. The Morgan fingerprint density at radius 2 is 0.823 bits per heavy atom. The fourth-order valence-electron chi connectivity index (χ4n) is 12.8. The van der Waals surface area contributed by atoms with Crippen LogP contribution < -0.4 is 10.6 Å². The first-order valence-electron chi connectivity index (χ1n) is 37.8. The maximum Gasteiger partial charge on any atom is 0.472 e. The number of hydrogen-bond donors (Lipinski definition) is 10. The van der Waals surface area contributed by atoms with E-state index in [9.17, 15) is 69.0 Å². The lowest BCUT2D eigenvalue weighted by molar-refractivity contribution is -0.298. The molecular weight excluding hydrogens is 1260 g/mol. The smallest absolute Gasteiger partial charge is 0.462 e. The van der Waals surface area contributed by atoms with Gasteiger partial charge in [0.1, 0.15) is 42.6 Å². The molecule has 0 aromatic heterocycles. The lowest BCUT2D eigenvalue weighted by atomic mass is 9.95. The summed E-state index contributed by atoms with van der Waals surface area (Å²) in [6.07, 6.45) is 15.6. The molecule has 2 aliphatic heterocycles. The van der Waals surface area contributed by atoms with Crippen LogP contribution in [0.4, 0.5) is 0 Å². The summed E-state index contributed by atoms with van der Waals surface area (Å²) in [5.41, 5.74) is 0. The van der Waals surface area contributed by atoms with Crippen molar-refractivity contribution in [2.45, 2.75) is 404 Å². The quantitative estimate of drug-likeness (QED) is 0.0117. The molecule has 24 heteroatoms. The number of esters is 3. The van der Waals surface area contributed by atoms with E-state index in [1.54, 1.807) is 0 Å². The normalized spacial score (nSPS) is 22.8. The summed E-state index contributed by atoms with van der Waals surface area (Å²) in [5.74, 6) is -4.25. The van der Waals surface area contributed by atoms with E-state index < -0.39 is 162 Å². The van der Waals surface area contributed by atoms with Gasteiger partial charge >= 0.3 is 25.7 Å². The van der Waals surface area contributed by atoms with E-state index in [1.807, 2.05) is 27.7 Å². The zero-order valence-electron chi connectivity index (χ0n) is 60.2. The highest BCUT2D eigenvalue weighted by molar-refractivity contribution is 7.46. The third-order valence-corrected chi connectivity index (χ3v) is 18.5. The third-order valence-electron chi connectivity index (χ3n) is 18.1. The number of rotatable bonds is 59. The van der Waals surface area contributed by atoms with Gasteiger partial charge in [0, 0.05) is 6.42 Å². The van der Waals surface area contributed by atoms with E-state index in [0.29, 0.717) is 19.3 Å². The Labute approximate surface area is 576 Å². The van der Waals surface area contributed by atoms with E-state index in [1.165, 1.54) is 103 Å². The Balaban J connectivity index is 2.45. The highest BCUT2D eigenvalue weighted by atomic mass is 31.2. The van der Waals surface area contributed by atoms with Crippen LogP contribution in [0.3, 0.4) is 0 Å². The molecule has 23 nitrogen and oxygen atoms in total. The van der Waals surface area contributed by atoms with Crippen molar-refractivity contribution in [3.05, 3.63) is 0 Å². The largest absolute Gasteiger partial charge is 0.472 e. The molecule has 2 amide bonds. The van der Waals surface area contributed by atoms with Gasteiger partial charge < -0.3 is 79.5 Å². The van der Waals surface area contributed by atoms with Gasteiger partial charge in [-0.05, 0) is 43.9 Å². The predicted molar refractivity (Wildman–Crippen MR) is 368 cm³/mol. The molecule has 0 bridgehead atoms. The van der Waals surface area contributed by atoms with Crippen LogP contribution >= 0.6 is 7.82 Å². The second-order valence-corrected chi connectivity index (χ2v) is 29.5. The summed E-state index contributed by atoms with van der Waals surface area (Å²) >= 11 is 0. The van der Waals surface area contributed by atoms with Gasteiger partial charge in [-0.3, -0.25) is 28.5 Å². The number of phosphoric ester groups is 1. The van der Waals surface area contributed by atoms with Gasteiger partial charge in [0.15, 0.2) is 24.8 Å². The van der Waals surface area contributed by atoms with Crippen LogP contribution in [0.15, 0.2) is 0 Å². The third kappa shape index (κ3) is 42.4. The van der Waals surface area contributed by atoms with Crippen LogP contribution in [-0.2, 0) is 61.5 Å². The van der Waals surface area contributed by atoms with Gasteiger partial charge in [0.25, 0.3) is 0 Å². The zero-order chi connectivity index (χ0) is 71.1. The summed E-state index contributed by atoms with van der Waals surface area (Å²) in [4.78, 5) is 89.4. The van der Waals surface area contributed by atoms with Crippen molar-refractivity contribution >= 4 is 37.5 Å². The minimum Gasteiger partial charge on any atom is -0.462 e. The van der Waals surface area contributed by atoms with Crippen molar-refractivity contribution in [1.29, 1.82) is 0 Å². The molecule has 0 aromatic rings. The van der Waals surface area contributed by atoms with Crippen LogP contribution in [0, 0.1) is 11.8 Å². The number of unbranched alkanes of at least 4 members (excludes halogenated alkanes) is 30. The number of carbonyl (C=O) groups excluding carboxylic acids is 5. The number of amides is 2. The maximum absolute atomic E-state index is 14.4. The van der Waals surface area contributed by atoms with E-state index in [2.05, 4.69) is 31.4 Å². The predicted octanol–water partition coefficient (Wildman–Crippen LogP) is 11.8. The molecular formula is C72H135N2O21P. The van der Waals surface area contributed by atoms with E-state index >= 15 is 0 Å². The lowest BCUT2D eigenvalue weighted by Crippen LogP contribution is -2.67. The van der Waals surface area contributed by atoms with Crippen LogP contribution in [0.5, 0.6) is 0 Å². The molecule has 2 saturated heterocycles. The molecule has 0 unspecified atom stereocenters. The molecule has 0 aromatic carbocycles. The van der Waals surface area contributed by atoms with Crippen LogP contribution in [0.2, 0.25) is 0 Å². The lowest BCUT2D eigenvalue weighted by Gasteiger charge is -2.46.